The van der Waals surface area contributed by atoms with Crippen molar-refractivity contribution in [3.63, 3.8) is 0 Å². The fourth-order valence-electron chi connectivity index (χ4n) is 13.6. The van der Waals surface area contributed by atoms with Crippen molar-refractivity contribution in [3.8, 4) is 17.6 Å². The van der Waals surface area contributed by atoms with Crippen LogP contribution in [0.1, 0.15) is 126 Å². The van der Waals surface area contributed by atoms with E-state index in [-0.39, 0.29) is 28.6 Å². The molecule has 2 N–H and O–H groups in total. The van der Waals surface area contributed by atoms with Crippen molar-refractivity contribution in [2.45, 2.75) is 128 Å². The van der Waals surface area contributed by atoms with Gasteiger partial charge in [-0.05, 0) is 177 Å². The zero-order valence-electron chi connectivity index (χ0n) is 37.0. The normalized spacial score (nSPS) is 34.4. The minimum Gasteiger partial charge on any atom is -0.410 e. The summed E-state index contributed by atoms with van der Waals surface area (Å²) in [5.41, 5.74) is 8.54. The Hall–Kier alpha value is -3.28. The molecule has 7 aliphatic rings. The second-order valence-electron chi connectivity index (χ2n) is 19.9. The topological polar surface area (TPSA) is 90.3 Å². The van der Waals surface area contributed by atoms with Gasteiger partial charge in [0.2, 0.25) is 0 Å². The van der Waals surface area contributed by atoms with Crippen molar-refractivity contribution >= 4 is 40.8 Å². The first kappa shape index (κ1) is 44.3. The molecule has 0 spiro atoms. The fourth-order valence-corrected chi connectivity index (χ4v) is 14.0. The number of rotatable bonds is 7. The Morgan fingerprint density at radius 3 is 2.34 bits per heavy atom. The molecule has 4 saturated carbocycles. The van der Waals surface area contributed by atoms with Gasteiger partial charge in [-0.3, -0.25) is 4.79 Å². The Labute approximate surface area is 374 Å². The Balaban J connectivity index is 0.000000169. The predicted octanol–water partition coefficient (Wildman–Crippen LogP) is 10.6. The quantitative estimate of drug-likeness (QED) is 0.213. The number of carbonyl (C=O) groups is 2. The molecule has 0 aliphatic heterocycles. The van der Waals surface area contributed by atoms with E-state index in [1.165, 1.54) is 33.5 Å². The number of nitrogens with zero attached hydrogens (tertiary/aromatic N) is 2. The lowest BCUT2D eigenvalue weighted by Crippen LogP contribution is -2.51. The van der Waals surface area contributed by atoms with Crippen LogP contribution >= 0.6 is 23.2 Å². The lowest BCUT2D eigenvalue weighted by atomic mass is 9.51. The number of hydrogen-bond acceptors (Lipinski definition) is 6. The third-order valence-electron chi connectivity index (χ3n) is 16.9. The first-order valence-electron chi connectivity index (χ1n) is 23.0. The van der Waals surface area contributed by atoms with Crippen LogP contribution in [0.2, 0.25) is 0 Å². The first-order chi connectivity index (χ1) is 29.2. The molecule has 328 valence electrons. The molecule has 0 radical (unpaired) electrons. The minimum atomic E-state index is -0.914. The summed E-state index contributed by atoms with van der Waals surface area (Å²) in [4.78, 5) is 28.3. The van der Waals surface area contributed by atoms with Crippen LogP contribution in [0.5, 0.6) is 5.75 Å². The van der Waals surface area contributed by atoms with Crippen LogP contribution in [0, 0.1) is 46.3 Å². The minimum absolute atomic E-state index is 0.0996. The number of aliphatic hydroxyl groups is 2. The third kappa shape index (κ3) is 8.00. The molecular weight excluding hydrogens is 803 g/mol. The molecule has 0 bridgehead atoms. The summed E-state index contributed by atoms with van der Waals surface area (Å²) in [5, 5.41) is 22.3. The number of halogens is 2. The summed E-state index contributed by atoms with van der Waals surface area (Å²) in [5.74, 6) is 10.9. The number of ether oxygens (including phenoxy) is 1. The molecule has 0 aromatic heterocycles. The number of anilines is 1. The highest BCUT2D eigenvalue weighted by Gasteiger charge is 2.62. The van der Waals surface area contributed by atoms with Gasteiger partial charge in [-0.1, -0.05) is 43.5 Å². The van der Waals surface area contributed by atoms with Crippen molar-refractivity contribution < 1.29 is 24.5 Å². The molecule has 10 atom stereocenters. The van der Waals surface area contributed by atoms with Crippen LogP contribution in [0.4, 0.5) is 10.5 Å². The number of benzene rings is 2. The zero-order chi connectivity index (χ0) is 43.3. The van der Waals surface area contributed by atoms with E-state index in [9.17, 15) is 19.8 Å². The van der Waals surface area contributed by atoms with Crippen LogP contribution in [0.25, 0.3) is 0 Å². The number of fused-ring (bicyclic) bond motifs is 9. The van der Waals surface area contributed by atoms with E-state index < -0.39 is 11.7 Å². The van der Waals surface area contributed by atoms with E-state index in [0.717, 1.165) is 77.0 Å². The molecule has 7 nitrogen and oxygen atoms in total. The summed E-state index contributed by atoms with van der Waals surface area (Å²) >= 11 is 11.6. The SMILES string of the molecule is CC#C[C@]1(O)CC[C@H]2[C@@H]3CCC4=CC(=O)CCC4=C3[C@@H](c3ccc(N(C)C)cc3)C[C@@]21C.C[C@]12CC[C@@H]3c4ccc(OC(=O)N(CCCl)CCCl)cc4CC[C@H]3[C@@H]1CC[C@@H]2O. The molecule has 4 fully saturated rings. The monoisotopic (exact) mass is 868 g/mol. The molecule has 2 aromatic carbocycles. The molecule has 0 saturated heterocycles. The summed E-state index contributed by atoms with van der Waals surface area (Å²) in [6.45, 7) is 7.30. The Morgan fingerprint density at radius 1 is 0.885 bits per heavy atom. The number of aliphatic hydroxyl groups excluding tert-OH is 1. The van der Waals surface area contributed by atoms with Crippen LogP contribution in [-0.4, -0.2) is 77.6 Å². The highest BCUT2D eigenvalue weighted by Crippen LogP contribution is 2.67. The second-order valence-corrected chi connectivity index (χ2v) is 20.7. The van der Waals surface area contributed by atoms with Crippen LogP contribution < -0.4 is 9.64 Å². The van der Waals surface area contributed by atoms with Crippen molar-refractivity contribution in [2.75, 3.05) is 43.8 Å². The van der Waals surface area contributed by atoms with Gasteiger partial charge in [0.25, 0.3) is 0 Å². The number of ketones is 1. The molecule has 7 aliphatic carbocycles. The fraction of sp³-hybridized carbons (Fsp3) is 0.615. The number of alkyl halides is 2. The summed E-state index contributed by atoms with van der Waals surface area (Å²) in [7, 11) is 4.14. The van der Waals surface area contributed by atoms with Gasteiger partial charge in [0.05, 0.1) is 6.10 Å². The van der Waals surface area contributed by atoms with E-state index in [2.05, 4.69) is 75.0 Å². The maximum Gasteiger partial charge on any atom is 0.415 e. The number of allylic oxidation sites excluding steroid dienone is 4. The maximum atomic E-state index is 12.4. The van der Waals surface area contributed by atoms with Gasteiger partial charge in [-0.15, -0.1) is 29.1 Å². The summed E-state index contributed by atoms with van der Waals surface area (Å²) in [6, 6.07) is 15.1. The predicted molar refractivity (Wildman–Crippen MR) is 246 cm³/mol. The van der Waals surface area contributed by atoms with Gasteiger partial charge in [0, 0.05) is 62.4 Å². The first-order valence-corrected chi connectivity index (χ1v) is 24.1. The van der Waals surface area contributed by atoms with Gasteiger partial charge >= 0.3 is 6.09 Å². The number of carbonyl (C=O) groups excluding carboxylic acids is 2. The van der Waals surface area contributed by atoms with E-state index >= 15 is 0 Å². The van der Waals surface area contributed by atoms with Crippen LogP contribution in [0.15, 0.2) is 65.3 Å². The highest BCUT2D eigenvalue weighted by molar-refractivity contribution is 6.18. The summed E-state index contributed by atoms with van der Waals surface area (Å²) in [6.07, 6.45) is 14.2. The van der Waals surface area contributed by atoms with Gasteiger partial charge in [0.1, 0.15) is 11.4 Å². The lowest BCUT2D eigenvalue weighted by molar-refractivity contribution is -0.114. The Morgan fingerprint density at radius 2 is 1.64 bits per heavy atom. The average molecular weight is 870 g/mol. The number of hydrogen-bond donors (Lipinski definition) is 2. The van der Waals surface area contributed by atoms with Gasteiger partial charge in [-0.2, -0.15) is 0 Å². The lowest BCUT2D eigenvalue weighted by Gasteiger charge is -2.53. The van der Waals surface area contributed by atoms with Gasteiger partial charge < -0.3 is 24.7 Å². The highest BCUT2D eigenvalue weighted by atomic mass is 35.5. The van der Waals surface area contributed by atoms with E-state index in [0.29, 0.717) is 66.6 Å². The van der Waals surface area contributed by atoms with E-state index in [4.69, 9.17) is 27.9 Å². The van der Waals surface area contributed by atoms with Crippen LogP contribution in [0.3, 0.4) is 0 Å². The molecular formula is C52H66Cl2N2O5. The Kier molecular flexibility index (Phi) is 12.9. The number of aryl methyl sites for hydroxylation is 1. The van der Waals surface area contributed by atoms with Crippen molar-refractivity contribution in [2.24, 2.45) is 34.5 Å². The molecule has 61 heavy (non-hydrogen) atoms. The van der Waals surface area contributed by atoms with Gasteiger partial charge in [-0.25, -0.2) is 4.79 Å². The molecule has 9 rings (SSSR count). The molecule has 0 heterocycles. The smallest absolute Gasteiger partial charge is 0.410 e. The zero-order valence-corrected chi connectivity index (χ0v) is 38.5. The second kappa shape index (κ2) is 17.7. The molecule has 2 aromatic rings. The van der Waals surface area contributed by atoms with Crippen molar-refractivity contribution in [1.29, 1.82) is 0 Å². The van der Waals surface area contributed by atoms with Crippen LogP contribution in [-0.2, 0) is 11.2 Å². The summed E-state index contributed by atoms with van der Waals surface area (Å²) < 4.78 is 5.62. The largest absolute Gasteiger partial charge is 0.415 e. The van der Waals surface area contributed by atoms with E-state index in [1.807, 2.05) is 25.1 Å². The average Bonchev–Trinajstić information content (AvgIpc) is 3.70. The molecule has 0 unspecified atom stereocenters. The third-order valence-corrected chi connectivity index (χ3v) is 17.2. The van der Waals surface area contributed by atoms with Crippen molar-refractivity contribution in [3.05, 3.63) is 82.0 Å². The van der Waals surface area contributed by atoms with Gasteiger partial charge in [0.15, 0.2) is 5.78 Å². The van der Waals surface area contributed by atoms with Crippen molar-refractivity contribution in [1.82, 2.24) is 4.90 Å². The van der Waals surface area contributed by atoms with E-state index in [1.54, 1.807) is 10.5 Å². The molecule has 9 heteroatoms. The number of amides is 1. The standard InChI is InChI=1S/C29H35NO2.C23H31Cl2NO3/c1-5-15-29(32)16-14-26-24-12-8-20-17-22(31)11-13-23(20)27(24)25(18-28(26,29)2)19-6-9-21(10-7-19)30(3)4;1-23-9-8-18-17-5-3-16(29-22(28)26(12-10-24)13-11-25)14-15(17)2-4-19(18)20(23)6-7-21(23)27/h6-7,9-10,17,24-26,32H,8,11-14,16,18H2,1-4H3;3,5,14,18-21,27H,2,4,6-13H2,1H3/t24-,25+,26-,28-,29-;18-,19-,20+,21+,23+/m01/s1. The maximum absolute atomic E-state index is 12.4. The Bertz CT molecular complexity index is 2110. The molecule has 1 amide bonds.